The van der Waals surface area contributed by atoms with Crippen molar-refractivity contribution < 1.29 is 23.8 Å². The summed E-state index contributed by atoms with van der Waals surface area (Å²) in [6, 6.07) is 12.1. The molecule has 0 unspecified atom stereocenters. The molecule has 1 amide bonds. The fourth-order valence-electron chi connectivity index (χ4n) is 4.04. The molecule has 2 aromatic carbocycles. The van der Waals surface area contributed by atoms with Crippen molar-refractivity contribution in [2.45, 2.75) is 38.0 Å². The van der Waals surface area contributed by atoms with Gasteiger partial charge in [0.1, 0.15) is 11.3 Å². The van der Waals surface area contributed by atoms with E-state index in [9.17, 15) is 19.5 Å². The third-order valence-corrected chi connectivity index (χ3v) is 6.82. The van der Waals surface area contributed by atoms with Crippen LogP contribution in [0.25, 0.3) is 11.0 Å². The first-order chi connectivity index (χ1) is 15.9. The van der Waals surface area contributed by atoms with Gasteiger partial charge in [0.15, 0.2) is 6.61 Å². The van der Waals surface area contributed by atoms with Crippen LogP contribution in [0.5, 0.6) is 5.75 Å². The predicted octanol–water partition coefficient (Wildman–Crippen LogP) is 2.14. The topological polar surface area (TPSA) is 109 Å². The number of aliphatic carboxylic acids is 1. The van der Waals surface area contributed by atoms with Crippen LogP contribution in [0.3, 0.4) is 0 Å². The number of fused-ring (bicyclic) bond motifs is 3. The van der Waals surface area contributed by atoms with E-state index >= 15 is 0 Å². The lowest BCUT2D eigenvalue weighted by molar-refractivity contribution is -0.307. The third-order valence-electron chi connectivity index (χ3n) is 5.71. The summed E-state index contributed by atoms with van der Waals surface area (Å²) in [6.45, 7) is 1.40. The van der Waals surface area contributed by atoms with Crippen LogP contribution < -0.4 is 20.8 Å². The summed E-state index contributed by atoms with van der Waals surface area (Å²) < 4.78 is 11.2. The van der Waals surface area contributed by atoms with Crippen molar-refractivity contribution in [3.63, 3.8) is 0 Å². The summed E-state index contributed by atoms with van der Waals surface area (Å²) in [4.78, 5) is 36.1. The molecule has 7 nitrogen and oxygen atoms in total. The zero-order chi connectivity index (χ0) is 23.4. The molecule has 0 aliphatic heterocycles. The Hall–Kier alpha value is -3.26. The highest BCUT2D eigenvalue weighted by Gasteiger charge is 2.22. The van der Waals surface area contributed by atoms with Crippen LogP contribution in [0.4, 0.5) is 0 Å². The van der Waals surface area contributed by atoms with E-state index in [0.29, 0.717) is 22.6 Å². The molecule has 8 heteroatoms. The van der Waals surface area contributed by atoms with Gasteiger partial charge in [-0.3, -0.25) is 4.79 Å². The minimum atomic E-state index is -1.35. The van der Waals surface area contributed by atoms with Gasteiger partial charge in [-0.2, -0.15) is 11.8 Å². The number of carbonyl (C=O) groups is 2. The number of nitrogens with one attached hydrogen (secondary N) is 1. The van der Waals surface area contributed by atoms with E-state index < -0.39 is 17.9 Å². The van der Waals surface area contributed by atoms with Gasteiger partial charge >= 0.3 is 5.63 Å². The van der Waals surface area contributed by atoms with Crippen molar-refractivity contribution in [1.29, 1.82) is 0 Å². The van der Waals surface area contributed by atoms with Gasteiger partial charge < -0.3 is 24.4 Å². The third kappa shape index (κ3) is 5.22. The SMILES string of the molecule is Cc1c(OCC(=O)N[C@@H](CSCc2ccccc2)C(=O)[O-])ccc2c3c(c(=O)oc12)CCC3. The predicted molar refractivity (Wildman–Crippen MR) is 124 cm³/mol. The number of carboxylic acid groups (broad SMARTS) is 1. The largest absolute Gasteiger partial charge is 0.548 e. The van der Waals surface area contributed by atoms with Crippen molar-refractivity contribution in [2.24, 2.45) is 0 Å². The average molecular weight is 467 g/mol. The standard InChI is InChI=1S/C25H25NO6S/c1-15-21(11-10-18-17-8-5-9-19(17)25(30)32-23(15)18)31-12-22(27)26-20(24(28)29)14-33-13-16-6-3-2-4-7-16/h2-4,6-7,10-11,20H,5,8-9,12-14H2,1H3,(H,26,27)(H,28,29)/p-1/t20-/m0/s1. The highest BCUT2D eigenvalue weighted by atomic mass is 32.2. The molecule has 1 aliphatic carbocycles. The van der Waals surface area contributed by atoms with E-state index in [1.54, 1.807) is 13.0 Å². The van der Waals surface area contributed by atoms with Gasteiger partial charge in [-0.15, -0.1) is 0 Å². The van der Waals surface area contributed by atoms with Gasteiger partial charge in [-0.05, 0) is 49.4 Å². The first kappa shape index (κ1) is 22.9. The molecular formula is C25H24NO6S-. The minimum absolute atomic E-state index is 0.175. The van der Waals surface area contributed by atoms with Gasteiger partial charge in [-0.1, -0.05) is 30.3 Å². The number of ether oxygens (including phenoxy) is 1. The Morgan fingerprint density at radius 1 is 1.15 bits per heavy atom. The molecular weight excluding hydrogens is 442 g/mol. The molecule has 172 valence electrons. The summed E-state index contributed by atoms with van der Waals surface area (Å²) in [7, 11) is 0. The minimum Gasteiger partial charge on any atom is -0.548 e. The van der Waals surface area contributed by atoms with E-state index in [1.165, 1.54) is 11.8 Å². The molecule has 0 fully saturated rings. The molecule has 1 atom stereocenters. The van der Waals surface area contributed by atoms with E-state index in [-0.39, 0.29) is 18.0 Å². The molecule has 0 bridgehead atoms. The average Bonchev–Trinajstić information content (AvgIpc) is 3.30. The number of hydrogen-bond acceptors (Lipinski definition) is 7. The lowest BCUT2D eigenvalue weighted by atomic mass is 10.0. The monoisotopic (exact) mass is 466 g/mol. The highest BCUT2D eigenvalue weighted by Crippen LogP contribution is 2.32. The number of amides is 1. The molecule has 0 saturated carbocycles. The summed E-state index contributed by atoms with van der Waals surface area (Å²) in [6.07, 6.45) is 2.50. The van der Waals surface area contributed by atoms with Gasteiger partial charge in [0.05, 0.1) is 12.0 Å². The second-order valence-corrected chi connectivity index (χ2v) is 9.02. The zero-order valence-corrected chi connectivity index (χ0v) is 19.0. The Labute approximate surface area is 195 Å². The number of thioether (sulfide) groups is 1. The molecule has 1 heterocycles. The quantitative estimate of drug-likeness (QED) is 0.481. The van der Waals surface area contributed by atoms with Crippen molar-refractivity contribution in [3.8, 4) is 5.75 Å². The number of carbonyl (C=O) groups excluding carboxylic acids is 2. The highest BCUT2D eigenvalue weighted by molar-refractivity contribution is 7.98. The molecule has 3 aromatic rings. The van der Waals surface area contributed by atoms with Gasteiger partial charge in [0, 0.05) is 28.0 Å². The van der Waals surface area contributed by atoms with Gasteiger partial charge in [-0.25, -0.2) is 4.79 Å². The van der Waals surface area contributed by atoms with E-state index in [1.807, 2.05) is 36.4 Å². The summed E-state index contributed by atoms with van der Waals surface area (Å²) >= 11 is 1.40. The van der Waals surface area contributed by atoms with Crippen LogP contribution in [0.2, 0.25) is 0 Å². The van der Waals surface area contributed by atoms with Crippen molar-refractivity contribution in [2.75, 3.05) is 12.4 Å². The van der Waals surface area contributed by atoms with E-state index in [2.05, 4.69) is 5.32 Å². The molecule has 1 N–H and O–H groups in total. The van der Waals surface area contributed by atoms with Gasteiger partial charge in [0.25, 0.3) is 5.91 Å². The lowest BCUT2D eigenvalue weighted by Gasteiger charge is -2.20. The van der Waals surface area contributed by atoms with Crippen LogP contribution in [0, 0.1) is 6.92 Å². The van der Waals surface area contributed by atoms with Crippen LogP contribution in [-0.4, -0.2) is 30.3 Å². The maximum absolute atomic E-state index is 12.3. The Morgan fingerprint density at radius 3 is 2.67 bits per heavy atom. The Kier molecular flexibility index (Phi) is 7.03. The maximum atomic E-state index is 12.3. The van der Waals surface area contributed by atoms with Crippen LogP contribution in [0.15, 0.2) is 51.7 Å². The van der Waals surface area contributed by atoms with Crippen molar-refractivity contribution in [1.82, 2.24) is 5.32 Å². The van der Waals surface area contributed by atoms with Crippen molar-refractivity contribution in [3.05, 3.63) is 75.1 Å². The maximum Gasteiger partial charge on any atom is 0.339 e. The Bertz CT molecular complexity index is 1240. The molecule has 1 aromatic heterocycles. The summed E-state index contributed by atoms with van der Waals surface area (Å²) in [5.74, 6) is -0.709. The smallest absolute Gasteiger partial charge is 0.339 e. The number of carboxylic acids is 1. The fourth-order valence-corrected chi connectivity index (χ4v) is 5.04. The summed E-state index contributed by atoms with van der Waals surface area (Å²) in [5.41, 5.74) is 3.61. The first-order valence-electron chi connectivity index (χ1n) is 10.8. The van der Waals surface area contributed by atoms with Crippen LogP contribution >= 0.6 is 11.8 Å². The lowest BCUT2D eigenvalue weighted by Crippen LogP contribution is -2.50. The molecule has 1 aliphatic rings. The molecule has 0 spiro atoms. The molecule has 33 heavy (non-hydrogen) atoms. The molecule has 4 rings (SSSR count). The Morgan fingerprint density at radius 2 is 1.91 bits per heavy atom. The molecule has 0 saturated heterocycles. The van der Waals surface area contributed by atoms with Gasteiger partial charge in [0.2, 0.25) is 0 Å². The molecule has 0 radical (unpaired) electrons. The van der Waals surface area contributed by atoms with Crippen molar-refractivity contribution >= 4 is 34.6 Å². The number of rotatable bonds is 9. The van der Waals surface area contributed by atoms with E-state index in [4.69, 9.17) is 9.15 Å². The number of aryl methyl sites for hydroxylation is 2. The normalized spacial score (nSPS) is 13.5. The van der Waals surface area contributed by atoms with E-state index in [0.717, 1.165) is 41.3 Å². The second kappa shape index (κ2) is 10.1. The zero-order valence-electron chi connectivity index (χ0n) is 18.2. The Balaban J connectivity index is 1.37. The second-order valence-electron chi connectivity index (χ2n) is 7.99. The number of hydrogen-bond donors (Lipinski definition) is 1. The first-order valence-corrected chi connectivity index (χ1v) is 11.9. The van der Waals surface area contributed by atoms with Crippen LogP contribution in [0.1, 0.15) is 28.7 Å². The van der Waals surface area contributed by atoms with Crippen LogP contribution in [-0.2, 0) is 28.2 Å². The number of benzene rings is 2. The summed E-state index contributed by atoms with van der Waals surface area (Å²) in [5, 5.41) is 14.8. The fraction of sp³-hybridized carbons (Fsp3) is 0.320.